The Kier molecular flexibility index (Phi) is 5.57. The maximum atomic E-state index is 12.1. The third-order valence-corrected chi connectivity index (χ3v) is 3.86. The third kappa shape index (κ3) is 4.32. The van der Waals surface area contributed by atoms with Crippen LogP contribution in [0.3, 0.4) is 0 Å². The summed E-state index contributed by atoms with van der Waals surface area (Å²) < 4.78 is 5.60. The van der Waals surface area contributed by atoms with Gasteiger partial charge in [-0.3, -0.25) is 9.59 Å². The molecule has 2 aliphatic heterocycles. The van der Waals surface area contributed by atoms with E-state index in [-0.39, 0.29) is 12.0 Å². The highest BCUT2D eigenvalue weighted by Crippen LogP contribution is 2.15. The van der Waals surface area contributed by atoms with Gasteiger partial charge in [-0.1, -0.05) is 0 Å². The van der Waals surface area contributed by atoms with Crippen molar-refractivity contribution in [3.8, 4) is 0 Å². The van der Waals surface area contributed by atoms with Crippen molar-refractivity contribution in [1.82, 2.24) is 16.0 Å². The minimum absolute atomic E-state index is 0.201. The van der Waals surface area contributed by atoms with Gasteiger partial charge in [0.05, 0.1) is 12.7 Å². The molecule has 5 N–H and O–H groups in total. The first-order chi connectivity index (χ1) is 10.5. The Morgan fingerprint density at radius 3 is 3.05 bits per heavy atom. The number of hydrogen-bond donors (Lipinski definition) is 4. The average molecular weight is 308 g/mol. The number of nitrogens with two attached hydrogens (primary N) is 1. The zero-order chi connectivity index (χ0) is 16.0. The smallest absolute Gasteiger partial charge is 0.251 e. The lowest BCUT2D eigenvalue weighted by Gasteiger charge is -2.26. The molecule has 2 rings (SSSR count). The second kappa shape index (κ2) is 7.42. The Morgan fingerprint density at radius 2 is 2.36 bits per heavy atom. The molecule has 0 aliphatic carbocycles. The lowest BCUT2D eigenvalue weighted by atomic mass is 9.95. The van der Waals surface area contributed by atoms with E-state index < -0.39 is 11.4 Å². The van der Waals surface area contributed by atoms with Gasteiger partial charge in [-0.2, -0.15) is 0 Å². The Bertz CT molecular complexity index is 483. The van der Waals surface area contributed by atoms with Crippen LogP contribution in [0.25, 0.3) is 0 Å². The molecule has 0 radical (unpaired) electrons. The van der Waals surface area contributed by atoms with Crippen LogP contribution < -0.4 is 21.7 Å². The van der Waals surface area contributed by atoms with Crippen molar-refractivity contribution in [1.29, 1.82) is 0 Å². The molecule has 122 valence electrons. The molecule has 1 fully saturated rings. The summed E-state index contributed by atoms with van der Waals surface area (Å²) in [6.45, 7) is 4.72. The molecule has 7 nitrogen and oxygen atoms in total. The number of rotatable bonds is 6. The summed E-state index contributed by atoms with van der Waals surface area (Å²) >= 11 is 0. The first kappa shape index (κ1) is 16.5. The zero-order valence-electron chi connectivity index (χ0n) is 12.9. The standard InChI is InChI=1S/C15H24N4O3/c1-15(14(16)21)9-11(4-6-19-15)13(20)18-5-2-3-12-10-17-7-8-22-12/h4,6,9,12,17,19H,2-3,5,7-8,10H2,1H3,(H2,16,21)(H,18,20). The van der Waals surface area contributed by atoms with Crippen LogP contribution in [0.15, 0.2) is 23.9 Å². The van der Waals surface area contributed by atoms with Gasteiger partial charge in [0.2, 0.25) is 5.91 Å². The predicted octanol–water partition coefficient (Wildman–Crippen LogP) is -0.841. The molecule has 2 atom stereocenters. The molecule has 0 aromatic carbocycles. The maximum Gasteiger partial charge on any atom is 0.251 e. The van der Waals surface area contributed by atoms with Crippen LogP contribution in [0.1, 0.15) is 19.8 Å². The molecular formula is C15H24N4O3. The van der Waals surface area contributed by atoms with Crippen LogP contribution in [-0.4, -0.2) is 49.7 Å². The number of amides is 2. The number of dihydropyridines is 1. The summed E-state index contributed by atoms with van der Waals surface area (Å²) in [6, 6.07) is 0. The van der Waals surface area contributed by atoms with Crippen molar-refractivity contribution in [2.75, 3.05) is 26.2 Å². The number of carbonyl (C=O) groups is 2. The van der Waals surface area contributed by atoms with Crippen molar-refractivity contribution in [3.63, 3.8) is 0 Å². The van der Waals surface area contributed by atoms with Crippen molar-refractivity contribution in [3.05, 3.63) is 23.9 Å². The van der Waals surface area contributed by atoms with Gasteiger partial charge in [0.1, 0.15) is 5.54 Å². The molecule has 0 aromatic rings. The fourth-order valence-electron chi connectivity index (χ4n) is 2.43. The number of morpholine rings is 1. The van der Waals surface area contributed by atoms with Gasteiger partial charge in [0.15, 0.2) is 0 Å². The number of carbonyl (C=O) groups excluding carboxylic acids is 2. The lowest BCUT2D eigenvalue weighted by molar-refractivity contribution is -0.121. The van der Waals surface area contributed by atoms with Crippen molar-refractivity contribution < 1.29 is 14.3 Å². The third-order valence-electron chi connectivity index (χ3n) is 3.86. The van der Waals surface area contributed by atoms with Crippen LogP contribution in [0.5, 0.6) is 0 Å². The summed E-state index contributed by atoms with van der Waals surface area (Å²) in [7, 11) is 0. The van der Waals surface area contributed by atoms with Gasteiger partial charge >= 0.3 is 0 Å². The largest absolute Gasteiger partial charge is 0.376 e. The second-order valence-corrected chi connectivity index (χ2v) is 5.74. The van der Waals surface area contributed by atoms with E-state index in [1.807, 2.05) is 0 Å². The van der Waals surface area contributed by atoms with Crippen molar-refractivity contribution in [2.24, 2.45) is 5.73 Å². The maximum absolute atomic E-state index is 12.1. The molecule has 7 heteroatoms. The highest BCUT2D eigenvalue weighted by molar-refractivity contribution is 5.99. The van der Waals surface area contributed by atoms with E-state index in [1.54, 1.807) is 25.3 Å². The Hall–Kier alpha value is -1.86. The molecule has 0 bridgehead atoms. The average Bonchev–Trinajstić information content (AvgIpc) is 2.52. The molecular weight excluding hydrogens is 284 g/mol. The van der Waals surface area contributed by atoms with Gasteiger partial charge in [-0.05, 0) is 38.1 Å². The summed E-state index contributed by atoms with van der Waals surface area (Å²) in [5.41, 5.74) is 4.75. The van der Waals surface area contributed by atoms with Gasteiger partial charge in [0, 0.05) is 25.2 Å². The fourth-order valence-corrected chi connectivity index (χ4v) is 2.43. The monoisotopic (exact) mass is 308 g/mol. The zero-order valence-corrected chi connectivity index (χ0v) is 12.9. The predicted molar refractivity (Wildman–Crippen MR) is 82.8 cm³/mol. The van der Waals surface area contributed by atoms with Crippen LogP contribution in [-0.2, 0) is 14.3 Å². The SMILES string of the molecule is CC1(C(N)=O)C=C(C(=O)NCCCC2CNCCO2)C=CN1. The van der Waals surface area contributed by atoms with Crippen LogP contribution >= 0.6 is 0 Å². The number of primary amides is 1. The molecule has 0 saturated carbocycles. The topological polar surface area (TPSA) is 105 Å². The van der Waals surface area contributed by atoms with Gasteiger partial charge in [-0.15, -0.1) is 0 Å². The second-order valence-electron chi connectivity index (χ2n) is 5.74. The van der Waals surface area contributed by atoms with Crippen molar-refractivity contribution in [2.45, 2.75) is 31.4 Å². The van der Waals surface area contributed by atoms with Crippen molar-refractivity contribution >= 4 is 11.8 Å². The highest BCUT2D eigenvalue weighted by atomic mass is 16.5. The van der Waals surface area contributed by atoms with E-state index in [2.05, 4.69) is 16.0 Å². The number of ether oxygens (including phenoxy) is 1. The summed E-state index contributed by atoms with van der Waals surface area (Å²) in [5, 5.41) is 8.98. The minimum Gasteiger partial charge on any atom is -0.376 e. The van der Waals surface area contributed by atoms with E-state index in [9.17, 15) is 9.59 Å². The van der Waals surface area contributed by atoms with Gasteiger partial charge in [-0.25, -0.2) is 0 Å². The first-order valence-electron chi connectivity index (χ1n) is 7.59. The Labute approximate surface area is 130 Å². The minimum atomic E-state index is -1.02. The molecule has 0 aromatic heterocycles. The Balaban J connectivity index is 1.76. The molecule has 1 saturated heterocycles. The first-order valence-corrected chi connectivity index (χ1v) is 7.59. The molecule has 2 heterocycles. The lowest BCUT2D eigenvalue weighted by Crippen LogP contribution is -2.51. The van der Waals surface area contributed by atoms with Crippen LogP contribution in [0.2, 0.25) is 0 Å². The molecule has 2 unspecified atom stereocenters. The van der Waals surface area contributed by atoms with E-state index in [0.717, 1.165) is 32.5 Å². The summed E-state index contributed by atoms with van der Waals surface area (Å²) in [5.74, 6) is -0.725. The fraction of sp³-hybridized carbons (Fsp3) is 0.600. The highest BCUT2D eigenvalue weighted by Gasteiger charge is 2.30. The normalized spacial score (nSPS) is 27.7. The van der Waals surface area contributed by atoms with E-state index in [4.69, 9.17) is 10.5 Å². The van der Waals surface area contributed by atoms with E-state index >= 15 is 0 Å². The molecule has 22 heavy (non-hydrogen) atoms. The molecule has 2 amide bonds. The quantitative estimate of drug-likeness (QED) is 0.479. The van der Waals surface area contributed by atoms with Gasteiger partial charge in [0.25, 0.3) is 5.91 Å². The van der Waals surface area contributed by atoms with E-state index in [0.29, 0.717) is 12.1 Å². The molecule has 2 aliphatic rings. The van der Waals surface area contributed by atoms with Crippen LogP contribution in [0.4, 0.5) is 0 Å². The number of nitrogens with one attached hydrogen (secondary N) is 3. The summed E-state index contributed by atoms with van der Waals surface area (Å²) in [4.78, 5) is 23.5. The van der Waals surface area contributed by atoms with Crippen LogP contribution in [0, 0.1) is 0 Å². The summed E-state index contributed by atoms with van der Waals surface area (Å²) in [6.07, 6.45) is 6.74. The number of hydrogen-bond acceptors (Lipinski definition) is 5. The van der Waals surface area contributed by atoms with Gasteiger partial charge < -0.3 is 26.4 Å². The van der Waals surface area contributed by atoms with E-state index in [1.165, 1.54) is 0 Å². The molecule has 0 spiro atoms. The Morgan fingerprint density at radius 1 is 1.55 bits per heavy atom.